The fourth-order valence-corrected chi connectivity index (χ4v) is 2.96. The van der Waals surface area contributed by atoms with Crippen molar-refractivity contribution in [2.24, 2.45) is 5.92 Å². The molecule has 0 aromatic heterocycles. The first-order chi connectivity index (χ1) is 8.95. The molecule has 0 spiro atoms. The predicted octanol–water partition coefficient (Wildman–Crippen LogP) is 4.17. The van der Waals surface area contributed by atoms with E-state index < -0.39 is 10.1 Å². The van der Waals surface area contributed by atoms with Crippen LogP contribution in [0.15, 0.2) is 22.6 Å². The van der Waals surface area contributed by atoms with Crippen LogP contribution in [0, 0.1) is 5.92 Å². The molecule has 0 atom stereocenters. The normalized spacial score (nSPS) is 19.7. The predicted molar refractivity (Wildman–Crippen MR) is 79.3 cm³/mol. The molecule has 0 heterocycles. The van der Waals surface area contributed by atoms with Crippen molar-refractivity contribution in [3.63, 3.8) is 0 Å². The zero-order valence-corrected chi connectivity index (χ0v) is 13.1. The minimum absolute atomic E-state index is 0.256. The Morgan fingerprint density at radius 3 is 2.37 bits per heavy atom. The summed E-state index contributed by atoms with van der Waals surface area (Å²) in [7, 11) is -2.33. The van der Waals surface area contributed by atoms with E-state index in [9.17, 15) is 8.42 Å². The molecule has 1 fully saturated rings. The van der Waals surface area contributed by atoms with E-state index in [1.165, 1.54) is 51.2 Å². The second-order valence-electron chi connectivity index (χ2n) is 5.45. The van der Waals surface area contributed by atoms with Gasteiger partial charge < -0.3 is 0 Å². The smallest absolute Gasteiger partial charge is 0.270 e. The lowest BCUT2D eigenvalue weighted by Gasteiger charge is -2.21. The van der Waals surface area contributed by atoms with Gasteiger partial charge in [-0.1, -0.05) is 43.8 Å². The second-order valence-corrected chi connectivity index (χ2v) is 7.34. The van der Waals surface area contributed by atoms with Crippen molar-refractivity contribution in [2.45, 2.75) is 58.8 Å². The van der Waals surface area contributed by atoms with Crippen molar-refractivity contribution >= 4 is 10.1 Å². The van der Waals surface area contributed by atoms with Gasteiger partial charge in [-0.15, -0.1) is 0 Å². The van der Waals surface area contributed by atoms with Crippen LogP contribution < -0.4 is 0 Å². The minimum Gasteiger partial charge on any atom is -0.270 e. The van der Waals surface area contributed by atoms with Gasteiger partial charge in [0.15, 0.2) is 0 Å². The van der Waals surface area contributed by atoms with Crippen LogP contribution in [-0.2, 0) is 14.3 Å². The van der Waals surface area contributed by atoms with Crippen molar-refractivity contribution in [1.82, 2.24) is 0 Å². The molecule has 0 aromatic carbocycles. The topological polar surface area (TPSA) is 43.4 Å². The van der Waals surface area contributed by atoms with Crippen molar-refractivity contribution in [1.29, 1.82) is 0 Å². The van der Waals surface area contributed by atoms with E-state index in [0.717, 1.165) is 12.3 Å². The Labute approximate surface area is 117 Å². The van der Waals surface area contributed by atoms with E-state index in [0.29, 0.717) is 0 Å². The number of hydrogen-bond donors (Lipinski definition) is 0. The van der Waals surface area contributed by atoms with Crippen LogP contribution in [0.2, 0.25) is 0 Å². The summed E-state index contributed by atoms with van der Waals surface area (Å²) in [4.78, 5) is 0.256. The summed E-state index contributed by atoms with van der Waals surface area (Å²) in [5.41, 5.74) is 1.23. The summed E-state index contributed by atoms with van der Waals surface area (Å²) in [6.45, 7) is 3.62. The molecule has 0 aliphatic heterocycles. The van der Waals surface area contributed by atoms with Crippen LogP contribution in [-0.4, -0.2) is 15.5 Å². The molecule has 0 aromatic rings. The number of allylic oxidation sites excluding steroid dienone is 4. The summed E-state index contributed by atoms with van der Waals surface area (Å²) < 4.78 is 27.3. The van der Waals surface area contributed by atoms with Gasteiger partial charge in [-0.3, -0.25) is 4.18 Å². The molecule has 1 rings (SSSR count). The molecule has 0 saturated heterocycles. The van der Waals surface area contributed by atoms with Crippen molar-refractivity contribution in [2.75, 3.05) is 7.11 Å². The van der Waals surface area contributed by atoms with Crippen molar-refractivity contribution < 1.29 is 12.6 Å². The maximum absolute atomic E-state index is 11.4. The van der Waals surface area contributed by atoms with Gasteiger partial charge in [-0.05, 0) is 38.7 Å². The third-order valence-electron chi connectivity index (χ3n) is 3.89. The first-order valence-electron chi connectivity index (χ1n) is 7.10. The zero-order valence-electron chi connectivity index (χ0n) is 12.3. The third-order valence-corrected chi connectivity index (χ3v) is 5.25. The monoisotopic (exact) mass is 286 g/mol. The van der Waals surface area contributed by atoms with E-state index in [-0.39, 0.29) is 4.91 Å². The highest BCUT2D eigenvalue weighted by Crippen LogP contribution is 2.28. The Bertz CT molecular complexity index is 426. The van der Waals surface area contributed by atoms with Crippen LogP contribution in [0.1, 0.15) is 58.8 Å². The van der Waals surface area contributed by atoms with E-state index in [1.807, 2.05) is 6.08 Å². The highest BCUT2D eigenvalue weighted by Gasteiger charge is 2.13. The average molecular weight is 286 g/mol. The summed E-state index contributed by atoms with van der Waals surface area (Å²) in [5, 5.41) is 0. The van der Waals surface area contributed by atoms with Crippen LogP contribution in [0.3, 0.4) is 0 Å². The fraction of sp³-hybridized carbons (Fsp3) is 0.733. The lowest BCUT2D eigenvalue weighted by atomic mass is 9.85. The molecule has 1 aliphatic carbocycles. The first-order valence-corrected chi connectivity index (χ1v) is 8.51. The summed E-state index contributed by atoms with van der Waals surface area (Å²) in [6, 6.07) is 0. The fourth-order valence-electron chi connectivity index (χ4n) is 2.47. The summed E-state index contributed by atoms with van der Waals surface area (Å²) in [5.74, 6) is 0.866. The lowest BCUT2D eigenvalue weighted by molar-refractivity contribution is 0.339. The molecule has 19 heavy (non-hydrogen) atoms. The summed E-state index contributed by atoms with van der Waals surface area (Å²) in [6.07, 6.45) is 12.7. The minimum atomic E-state index is -3.51. The molecular weight excluding hydrogens is 260 g/mol. The van der Waals surface area contributed by atoms with Crippen molar-refractivity contribution in [3.8, 4) is 0 Å². The standard InChI is InChI=1S/C15H26O3S/c1-13(9-11-14(2)19(16,17)18-3)10-12-15-7-5-4-6-8-15/h9,11,15H,4-8,10,12H2,1-3H3. The van der Waals surface area contributed by atoms with E-state index in [2.05, 4.69) is 11.1 Å². The second kappa shape index (κ2) is 7.85. The molecule has 0 amide bonds. The van der Waals surface area contributed by atoms with Gasteiger partial charge in [0, 0.05) is 0 Å². The molecule has 4 heteroatoms. The van der Waals surface area contributed by atoms with Crippen LogP contribution in [0.25, 0.3) is 0 Å². The maximum atomic E-state index is 11.4. The average Bonchev–Trinajstić information content (AvgIpc) is 2.43. The Morgan fingerprint density at radius 1 is 1.16 bits per heavy atom. The van der Waals surface area contributed by atoms with Crippen LogP contribution >= 0.6 is 0 Å². The zero-order chi connectivity index (χ0) is 14.3. The van der Waals surface area contributed by atoms with Crippen LogP contribution in [0.4, 0.5) is 0 Å². The van der Waals surface area contributed by atoms with Gasteiger partial charge in [0.1, 0.15) is 0 Å². The highest BCUT2D eigenvalue weighted by molar-refractivity contribution is 7.90. The molecule has 0 radical (unpaired) electrons. The quantitative estimate of drug-likeness (QED) is 0.543. The molecular formula is C15H26O3S. The van der Waals surface area contributed by atoms with Crippen molar-refractivity contribution in [3.05, 3.63) is 22.6 Å². The molecule has 0 N–H and O–H groups in total. The Morgan fingerprint density at radius 2 is 1.79 bits per heavy atom. The molecule has 110 valence electrons. The highest BCUT2D eigenvalue weighted by atomic mass is 32.2. The number of rotatable bonds is 6. The molecule has 1 aliphatic rings. The number of hydrogen-bond acceptors (Lipinski definition) is 3. The Balaban J connectivity index is 2.46. The van der Waals surface area contributed by atoms with Gasteiger partial charge in [-0.2, -0.15) is 8.42 Å². The first kappa shape index (κ1) is 16.4. The molecule has 3 nitrogen and oxygen atoms in total. The Hall–Kier alpha value is -0.610. The summed E-state index contributed by atoms with van der Waals surface area (Å²) >= 11 is 0. The molecule has 0 bridgehead atoms. The SMILES string of the molecule is COS(=O)(=O)C(C)=CC=C(C)CCC1CCCCC1. The van der Waals surface area contributed by atoms with E-state index in [4.69, 9.17) is 0 Å². The van der Waals surface area contributed by atoms with Crippen LogP contribution in [0.5, 0.6) is 0 Å². The maximum Gasteiger partial charge on any atom is 0.292 e. The van der Waals surface area contributed by atoms with E-state index >= 15 is 0 Å². The van der Waals surface area contributed by atoms with Gasteiger partial charge in [0.25, 0.3) is 10.1 Å². The lowest BCUT2D eigenvalue weighted by Crippen LogP contribution is -2.06. The van der Waals surface area contributed by atoms with Gasteiger partial charge in [0.05, 0.1) is 12.0 Å². The molecule has 0 unspecified atom stereocenters. The third kappa shape index (κ3) is 5.91. The van der Waals surface area contributed by atoms with E-state index in [1.54, 1.807) is 13.0 Å². The van der Waals surface area contributed by atoms with Gasteiger partial charge >= 0.3 is 0 Å². The Kier molecular flexibility index (Phi) is 6.80. The largest absolute Gasteiger partial charge is 0.292 e. The molecule has 1 saturated carbocycles. The van der Waals surface area contributed by atoms with Gasteiger partial charge in [-0.25, -0.2) is 0 Å². The van der Waals surface area contributed by atoms with Gasteiger partial charge in [0.2, 0.25) is 0 Å².